The van der Waals surface area contributed by atoms with E-state index in [1.165, 1.54) is 25.3 Å². The number of aromatic nitrogens is 2. The van der Waals surface area contributed by atoms with E-state index < -0.39 is 16.4 Å². The van der Waals surface area contributed by atoms with Crippen molar-refractivity contribution in [3.8, 4) is 23.0 Å². The summed E-state index contributed by atoms with van der Waals surface area (Å²) in [4.78, 5) is 8.75. The zero-order valence-corrected chi connectivity index (χ0v) is 18.9. The lowest BCUT2D eigenvalue weighted by Crippen LogP contribution is -2.08. The first kappa shape index (κ1) is 25.3. The second-order valence-corrected chi connectivity index (χ2v) is 8.64. The highest BCUT2D eigenvalue weighted by atomic mass is 35.5. The van der Waals surface area contributed by atoms with Gasteiger partial charge in [0.05, 0.1) is 17.7 Å². The lowest BCUT2D eigenvalue weighted by atomic mass is 10.1. The quantitative estimate of drug-likeness (QED) is 0.485. The molecule has 0 aliphatic heterocycles. The zero-order valence-electron chi connectivity index (χ0n) is 17.3. The Balaban J connectivity index is 0.00000363. The molecule has 7 nitrogen and oxygen atoms in total. The summed E-state index contributed by atoms with van der Waals surface area (Å²) < 4.78 is 57.6. The fourth-order valence-electron chi connectivity index (χ4n) is 2.81. The van der Waals surface area contributed by atoms with Crippen molar-refractivity contribution in [1.29, 1.82) is 0 Å². The summed E-state index contributed by atoms with van der Waals surface area (Å²) in [6.07, 6.45) is 1.76. The standard InChI is InChI=1S/C21H21F2N3O4S.ClH/c1-29-21-25-18(15-4-3-5-17(12-15)31(2,27)28)13-19(26-21)24-11-10-14-6-8-16(9-7-14)30-20(22)23;/h3-9,12-13,20H,10-11H2,1-2H3,(H,24,25,26);1H. The van der Waals surface area contributed by atoms with Gasteiger partial charge in [-0.2, -0.15) is 18.7 Å². The fourth-order valence-corrected chi connectivity index (χ4v) is 3.48. The molecule has 1 aromatic heterocycles. The highest BCUT2D eigenvalue weighted by molar-refractivity contribution is 7.90. The van der Waals surface area contributed by atoms with Crippen molar-refractivity contribution in [2.45, 2.75) is 17.9 Å². The van der Waals surface area contributed by atoms with Gasteiger partial charge in [-0.15, -0.1) is 12.4 Å². The molecule has 3 aromatic rings. The number of nitrogens with one attached hydrogen (secondary N) is 1. The molecule has 0 saturated carbocycles. The van der Waals surface area contributed by atoms with Gasteiger partial charge in [0, 0.05) is 24.4 Å². The van der Waals surface area contributed by atoms with Crippen LogP contribution in [0, 0.1) is 0 Å². The average Bonchev–Trinajstić information content (AvgIpc) is 2.74. The number of hydrogen-bond donors (Lipinski definition) is 1. The molecule has 0 fully saturated rings. The molecule has 32 heavy (non-hydrogen) atoms. The van der Waals surface area contributed by atoms with Crippen LogP contribution in [0.15, 0.2) is 59.5 Å². The molecule has 0 saturated heterocycles. The first-order valence-electron chi connectivity index (χ1n) is 9.26. The number of ether oxygens (including phenoxy) is 2. The van der Waals surface area contributed by atoms with E-state index in [1.54, 1.807) is 36.4 Å². The molecule has 172 valence electrons. The molecule has 0 aliphatic rings. The van der Waals surface area contributed by atoms with Gasteiger partial charge in [0.2, 0.25) is 0 Å². The van der Waals surface area contributed by atoms with Gasteiger partial charge in [0.15, 0.2) is 9.84 Å². The second kappa shape index (κ2) is 11.1. The molecular weight excluding hydrogens is 464 g/mol. The molecule has 0 radical (unpaired) electrons. The van der Waals surface area contributed by atoms with E-state index in [9.17, 15) is 17.2 Å². The third kappa shape index (κ3) is 7.03. The van der Waals surface area contributed by atoms with Gasteiger partial charge in [-0.1, -0.05) is 24.3 Å². The number of alkyl halides is 2. The van der Waals surface area contributed by atoms with Crippen LogP contribution in [0.2, 0.25) is 0 Å². The van der Waals surface area contributed by atoms with E-state index in [4.69, 9.17) is 4.74 Å². The molecule has 0 aliphatic carbocycles. The maximum absolute atomic E-state index is 12.2. The molecule has 0 bridgehead atoms. The summed E-state index contributed by atoms with van der Waals surface area (Å²) in [7, 11) is -1.91. The average molecular weight is 486 g/mol. The summed E-state index contributed by atoms with van der Waals surface area (Å²) in [6.45, 7) is -2.34. The number of methoxy groups -OCH3 is 1. The Hall–Kier alpha value is -2.98. The van der Waals surface area contributed by atoms with Crippen molar-refractivity contribution in [2.75, 3.05) is 25.2 Å². The van der Waals surface area contributed by atoms with Crippen molar-refractivity contribution in [2.24, 2.45) is 0 Å². The minimum absolute atomic E-state index is 0. The van der Waals surface area contributed by atoms with Crippen LogP contribution in [-0.4, -0.2) is 44.9 Å². The van der Waals surface area contributed by atoms with E-state index in [0.29, 0.717) is 30.0 Å². The maximum atomic E-state index is 12.2. The first-order chi connectivity index (χ1) is 14.7. The number of nitrogens with zero attached hydrogens (tertiary/aromatic N) is 2. The smallest absolute Gasteiger partial charge is 0.387 e. The van der Waals surface area contributed by atoms with E-state index in [1.807, 2.05) is 0 Å². The SMILES string of the molecule is COc1nc(NCCc2ccc(OC(F)F)cc2)cc(-c2cccc(S(C)(=O)=O)c2)n1.Cl. The third-order valence-corrected chi connectivity index (χ3v) is 5.42. The largest absolute Gasteiger partial charge is 0.467 e. The summed E-state index contributed by atoms with van der Waals surface area (Å²) in [6, 6.07) is 14.7. The Kier molecular flexibility index (Phi) is 8.73. The van der Waals surface area contributed by atoms with Crippen LogP contribution in [0.25, 0.3) is 11.3 Å². The summed E-state index contributed by atoms with van der Waals surface area (Å²) in [5.41, 5.74) is 2.05. The van der Waals surface area contributed by atoms with Crippen molar-refractivity contribution in [3.05, 3.63) is 60.2 Å². The van der Waals surface area contributed by atoms with Gasteiger partial charge in [0.25, 0.3) is 0 Å². The molecule has 1 N–H and O–H groups in total. The van der Waals surface area contributed by atoms with Crippen LogP contribution in [0.4, 0.5) is 14.6 Å². The summed E-state index contributed by atoms with van der Waals surface area (Å²) in [5, 5.41) is 3.17. The van der Waals surface area contributed by atoms with Crippen LogP contribution in [0.3, 0.4) is 0 Å². The Morgan fingerprint density at radius 2 is 1.78 bits per heavy atom. The molecule has 1 heterocycles. The molecule has 0 amide bonds. The molecule has 0 spiro atoms. The van der Waals surface area contributed by atoms with Gasteiger partial charge in [0.1, 0.15) is 11.6 Å². The normalized spacial score (nSPS) is 11.0. The molecule has 3 rings (SSSR count). The van der Waals surface area contributed by atoms with E-state index in [-0.39, 0.29) is 29.1 Å². The highest BCUT2D eigenvalue weighted by Gasteiger charge is 2.12. The van der Waals surface area contributed by atoms with Gasteiger partial charge in [-0.3, -0.25) is 0 Å². The first-order valence-corrected chi connectivity index (χ1v) is 11.1. The number of rotatable bonds is 9. The van der Waals surface area contributed by atoms with Gasteiger partial charge < -0.3 is 14.8 Å². The van der Waals surface area contributed by atoms with Crippen molar-refractivity contribution < 1.29 is 26.7 Å². The molecule has 0 unspecified atom stereocenters. The number of benzene rings is 2. The molecule has 0 atom stereocenters. The lowest BCUT2D eigenvalue weighted by molar-refractivity contribution is -0.0498. The van der Waals surface area contributed by atoms with Gasteiger partial charge >= 0.3 is 12.6 Å². The Morgan fingerprint density at radius 3 is 2.41 bits per heavy atom. The van der Waals surface area contributed by atoms with Crippen LogP contribution in [0.1, 0.15) is 5.56 Å². The second-order valence-electron chi connectivity index (χ2n) is 6.62. The molecular formula is C21H22ClF2N3O4S. The molecule has 2 aromatic carbocycles. The van der Waals surface area contributed by atoms with Crippen LogP contribution in [0.5, 0.6) is 11.8 Å². The summed E-state index contributed by atoms with van der Waals surface area (Å²) >= 11 is 0. The number of anilines is 1. The zero-order chi connectivity index (χ0) is 22.4. The summed E-state index contributed by atoms with van der Waals surface area (Å²) in [5.74, 6) is 0.609. The topological polar surface area (TPSA) is 90.4 Å². The Bertz CT molecular complexity index is 1150. The van der Waals surface area contributed by atoms with Crippen LogP contribution < -0.4 is 14.8 Å². The van der Waals surface area contributed by atoms with Gasteiger partial charge in [-0.05, 0) is 36.2 Å². The maximum Gasteiger partial charge on any atom is 0.387 e. The third-order valence-electron chi connectivity index (χ3n) is 4.31. The number of sulfone groups is 1. The van der Waals surface area contributed by atoms with Crippen molar-refractivity contribution >= 4 is 28.1 Å². The van der Waals surface area contributed by atoms with Crippen molar-refractivity contribution in [1.82, 2.24) is 9.97 Å². The fraction of sp³-hybridized carbons (Fsp3) is 0.238. The van der Waals surface area contributed by atoms with Crippen LogP contribution in [-0.2, 0) is 16.3 Å². The predicted molar refractivity (Wildman–Crippen MR) is 120 cm³/mol. The number of halogens is 3. The Morgan fingerprint density at radius 1 is 1.06 bits per heavy atom. The van der Waals surface area contributed by atoms with E-state index >= 15 is 0 Å². The predicted octanol–water partition coefficient (Wildman–Crippen LogP) is 4.23. The lowest BCUT2D eigenvalue weighted by Gasteiger charge is -2.10. The minimum atomic E-state index is -3.35. The van der Waals surface area contributed by atoms with Crippen LogP contribution >= 0.6 is 12.4 Å². The highest BCUT2D eigenvalue weighted by Crippen LogP contribution is 2.25. The van der Waals surface area contributed by atoms with Crippen molar-refractivity contribution in [3.63, 3.8) is 0 Å². The van der Waals surface area contributed by atoms with E-state index in [0.717, 1.165) is 11.8 Å². The Labute approximate surface area is 191 Å². The number of hydrogen-bond acceptors (Lipinski definition) is 7. The minimum Gasteiger partial charge on any atom is -0.467 e. The molecule has 11 heteroatoms. The van der Waals surface area contributed by atoms with E-state index in [2.05, 4.69) is 20.0 Å². The van der Waals surface area contributed by atoms with Gasteiger partial charge in [-0.25, -0.2) is 8.42 Å². The monoisotopic (exact) mass is 485 g/mol.